The zero-order valence-corrected chi connectivity index (χ0v) is 12.4. The van der Waals surface area contributed by atoms with Crippen LogP contribution in [-0.2, 0) is 17.6 Å². The van der Waals surface area contributed by atoms with Gasteiger partial charge in [0.2, 0.25) is 0 Å². The number of hydrogen-bond donors (Lipinski definition) is 0. The molecule has 0 atom stereocenters. The van der Waals surface area contributed by atoms with Crippen molar-refractivity contribution in [2.45, 2.75) is 19.3 Å². The largest absolute Gasteiger partial charge is 0.493 e. The Labute approximate surface area is 116 Å². The number of halogens is 1. The first-order valence-electron chi connectivity index (χ1n) is 6.17. The van der Waals surface area contributed by atoms with Crippen molar-refractivity contribution in [2.75, 3.05) is 27.2 Å². The molecule has 0 N–H and O–H groups in total. The van der Waals surface area contributed by atoms with Crippen LogP contribution in [-0.4, -0.2) is 37.9 Å². The number of fused-ring (bicyclic) bond motifs is 1. The molecule has 4 heteroatoms. The van der Waals surface area contributed by atoms with Gasteiger partial charge in [0.25, 0.3) is 0 Å². The first kappa shape index (κ1) is 13.6. The van der Waals surface area contributed by atoms with E-state index in [1.54, 1.807) is 0 Å². The molecular weight excluding hydrogens is 294 g/mol. The van der Waals surface area contributed by atoms with Crippen molar-refractivity contribution in [1.29, 1.82) is 0 Å². The van der Waals surface area contributed by atoms with E-state index in [4.69, 9.17) is 4.74 Å². The summed E-state index contributed by atoms with van der Waals surface area (Å²) < 4.78 is 6.66. The van der Waals surface area contributed by atoms with Crippen LogP contribution in [0.5, 0.6) is 5.75 Å². The van der Waals surface area contributed by atoms with E-state index >= 15 is 0 Å². The van der Waals surface area contributed by atoms with Crippen LogP contribution in [0.2, 0.25) is 0 Å². The van der Waals surface area contributed by atoms with E-state index in [1.807, 2.05) is 25.1 Å². The van der Waals surface area contributed by atoms with Gasteiger partial charge < -0.3 is 9.64 Å². The molecule has 0 radical (unpaired) electrons. The monoisotopic (exact) mass is 311 g/mol. The lowest BCUT2D eigenvalue weighted by molar-refractivity contribution is -0.118. The maximum absolute atomic E-state index is 11.9. The zero-order chi connectivity index (χ0) is 13.1. The summed E-state index contributed by atoms with van der Waals surface area (Å²) in [5.74, 6) is 1.19. The Hall–Kier alpha value is -0.870. The van der Waals surface area contributed by atoms with Crippen LogP contribution < -0.4 is 4.74 Å². The van der Waals surface area contributed by atoms with Gasteiger partial charge in [-0.15, -0.1) is 0 Å². The number of carbonyl (C=O) groups excluding carboxylic acids is 1. The van der Waals surface area contributed by atoms with Crippen molar-refractivity contribution < 1.29 is 9.53 Å². The average molecular weight is 312 g/mol. The highest BCUT2D eigenvalue weighted by Gasteiger charge is 2.19. The standard InChI is InChI=1S/C14H18BrNO2/c1-16(2)5-3-13(17)9-11-8-12(15)7-10-4-6-18-14(10)11/h7-8H,3-6,9H2,1-2H3. The molecule has 1 heterocycles. The molecular formula is C14H18BrNO2. The van der Waals surface area contributed by atoms with Crippen LogP contribution in [0.25, 0.3) is 0 Å². The van der Waals surface area contributed by atoms with Crippen LogP contribution in [0.3, 0.4) is 0 Å². The third-order valence-electron chi connectivity index (χ3n) is 3.05. The van der Waals surface area contributed by atoms with Crippen LogP contribution in [0.15, 0.2) is 16.6 Å². The molecule has 1 aromatic rings. The summed E-state index contributed by atoms with van der Waals surface area (Å²) in [6, 6.07) is 4.08. The molecule has 98 valence electrons. The smallest absolute Gasteiger partial charge is 0.138 e. The average Bonchev–Trinajstić information content (AvgIpc) is 2.74. The van der Waals surface area contributed by atoms with Crippen LogP contribution in [0.1, 0.15) is 17.5 Å². The van der Waals surface area contributed by atoms with E-state index in [0.29, 0.717) is 12.8 Å². The van der Waals surface area contributed by atoms with Gasteiger partial charge in [-0.25, -0.2) is 0 Å². The normalized spacial score (nSPS) is 13.6. The summed E-state index contributed by atoms with van der Waals surface area (Å²) in [4.78, 5) is 14.0. The van der Waals surface area contributed by atoms with E-state index in [9.17, 15) is 4.79 Å². The number of Topliss-reactive ketones (excluding diaryl/α,β-unsaturated/α-hetero) is 1. The van der Waals surface area contributed by atoms with Gasteiger partial charge in [-0.2, -0.15) is 0 Å². The molecule has 0 bridgehead atoms. The van der Waals surface area contributed by atoms with Crippen LogP contribution in [0, 0.1) is 0 Å². The summed E-state index contributed by atoms with van der Waals surface area (Å²) in [5.41, 5.74) is 2.22. The molecule has 0 spiro atoms. The second-order valence-electron chi connectivity index (χ2n) is 4.92. The SMILES string of the molecule is CN(C)CCC(=O)Cc1cc(Br)cc2c1OCC2. The van der Waals surface area contributed by atoms with Gasteiger partial charge in [0.1, 0.15) is 11.5 Å². The van der Waals surface area contributed by atoms with Crippen molar-refractivity contribution in [1.82, 2.24) is 4.90 Å². The molecule has 1 aliphatic rings. The van der Waals surface area contributed by atoms with Crippen molar-refractivity contribution >= 4 is 21.7 Å². The minimum absolute atomic E-state index is 0.263. The molecule has 2 rings (SSSR count). The highest BCUT2D eigenvalue weighted by atomic mass is 79.9. The Bertz CT molecular complexity index is 457. The number of hydrogen-bond acceptors (Lipinski definition) is 3. The Kier molecular flexibility index (Phi) is 4.40. The summed E-state index contributed by atoms with van der Waals surface area (Å²) in [6.07, 6.45) is 2.00. The van der Waals surface area contributed by atoms with E-state index in [0.717, 1.165) is 35.4 Å². The van der Waals surface area contributed by atoms with Gasteiger partial charge in [0, 0.05) is 35.8 Å². The molecule has 0 amide bonds. The first-order valence-corrected chi connectivity index (χ1v) is 6.96. The van der Waals surface area contributed by atoms with Gasteiger partial charge in [-0.3, -0.25) is 4.79 Å². The highest BCUT2D eigenvalue weighted by Crippen LogP contribution is 2.33. The number of ketones is 1. The molecule has 3 nitrogen and oxygen atoms in total. The number of benzene rings is 1. The van der Waals surface area contributed by atoms with Gasteiger partial charge in [-0.05, 0) is 31.8 Å². The van der Waals surface area contributed by atoms with E-state index in [-0.39, 0.29) is 5.78 Å². The third kappa shape index (κ3) is 3.33. The summed E-state index contributed by atoms with van der Waals surface area (Å²) in [7, 11) is 3.96. The molecule has 0 saturated heterocycles. The molecule has 0 fully saturated rings. The molecule has 1 aliphatic heterocycles. The fraction of sp³-hybridized carbons (Fsp3) is 0.500. The van der Waals surface area contributed by atoms with Gasteiger partial charge >= 0.3 is 0 Å². The van der Waals surface area contributed by atoms with Crippen LogP contribution in [0.4, 0.5) is 0 Å². The fourth-order valence-corrected chi connectivity index (χ4v) is 2.68. The number of carbonyl (C=O) groups is 1. The lowest BCUT2D eigenvalue weighted by Crippen LogP contribution is -2.17. The minimum atomic E-state index is 0.263. The molecule has 0 aliphatic carbocycles. The summed E-state index contributed by atoms with van der Waals surface area (Å²) >= 11 is 3.49. The van der Waals surface area contributed by atoms with Crippen LogP contribution >= 0.6 is 15.9 Å². The second-order valence-corrected chi connectivity index (χ2v) is 5.84. The molecule has 18 heavy (non-hydrogen) atoms. The number of rotatable bonds is 5. The van der Waals surface area contributed by atoms with E-state index in [2.05, 4.69) is 22.0 Å². The van der Waals surface area contributed by atoms with Gasteiger partial charge in [-0.1, -0.05) is 15.9 Å². The van der Waals surface area contributed by atoms with E-state index < -0.39 is 0 Å². The number of nitrogens with zero attached hydrogens (tertiary/aromatic N) is 1. The van der Waals surface area contributed by atoms with Crippen molar-refractivity contribution in [3.63, 3.8) is 0 Å². The topological polar surface area (TPSA) is 29.5 Å². The predicted octanol–water partition coefficient (Wildman–Crippen LogP) is 2.45. The Morgan fingerprint density at radius 2 is 2.22 bits per heavy atom. The Balaban J connectivity index is 2.07. The fourth-order valence-electron chi connectivity index (χ4n) is 2.13. The summed E-state index contributed by atoms with van der Waals surface area (Å²) in [5, 5.41) is 0. The second kappa shape index (κ2) is 5.85. The lowest BCUT2D eigenvalue weighted by Gasteiger charge is -2.10. The molecule has 1 aromatic carbocycles. The minimum Gasteiger partial charge on any atom is -0.493 e. The summed E-state index contributed by atoms with van der Waals surface area (Å²) in [6.45, 7) is 1.53. The highest BCUT2D eigenvalue weighted by molar-refractivity contribution is 9.10. The van der Waals surface area contributed by atoms with Crippen molar-refractivity contribution in [3.8, 4) is 5.75 Å². The molecule has 0 saturated carbocycles. The van der Waals surface area contributed by atoms with Crippen molar-refractivity contribution in [2.24, 2.45) is 0 Å². The van der Waals surface area contributed by atoms with E-state index in [1.165, 1.54) is 5.56 Å². The number of ether oxygens (including phenoxy) is 1. The van der Waals surface area contributed by atoms with Crippen molar-refractivity contribution in [3.05, 3.63) is 27.7 Å². The maximum Gasteiger partial charge on any atom is 0.138 e. The molecule has 0 aromatic heterocycles. The van der Waals surface area contributed by atoms with Gasteiger partial charge in [0.05, 0.1) is 6.61 Å². The quantitative estimate of drug-likeness (QED) is 0.836. The van der Waals surface area contributed by atoms with Gasteiger partial charge in [0.15, 0.2) is 0 Å². The Morgan fingerprint density at radius 3 is 2.94 bits per heavy atom. The maximum atomic E-state index is 11.9. The third-order valence-corrected chi connectivity index (χ3v) is 3.51. The lowest BCUT2D eigenvalue weighted by atomic mass is 10.0. The first-order chi connectivity index (χ1) is 8.56. The zero-order valence-electron chi connectivity index (χ0n) is 10.8. The molecule has 0 unspecified atom stereocenters. The Morgan fingerprint density at radius 1 is 1.44 bits per heavy atom. The predicted molar refractivity (Wildman–Crippen MR) is 75.2 cm³/mol.